The first-order valence-electron chi connectivity index (χ1n) is 6.17. The first-order chi connectivity index (χ1) is 8.51. The number of sulfonamides is 1. The first kappa shape index (κ1) is 13.5. The van der Waals surface area contributed by atoms with Crippen LogP contribution in [0.1, 0.15) is 30.7 Å². The van der Waals surface area contributed by atoms with Crippen molar-refractivity contribution in [2.24, 2.45) is 5.73 Å². The Hall–Kier alpha value is -0.980. The van der Waals surface area contributed by atoms with Crippen LogP contribution in [0.5, 0.6) is 0 Å². The van der Waals surface area contributed by atoms with Gasteiger partial charge in [0.15, 0.2) is 0 Å². The summed E-state index contributed by atoms with van der Waals surface area (Å²) in [4.78, 5) is 4.12. The van der Waals surface area contributed by atoms with E-state index in [1.54, 1.807) is 31.3 Å². The van der Waals surface area contributed by atoms with Crippen molar-refractivity contribution in [2.45, 2.75) is 31.1 Å². The molecule has 6 heteroatoms. The maximum absolute atomic E-state index is 12.4. The van der Waals surface area contributed by atoms with Gasteiger partial charge in [0.2, 0.25) is 10.0 Å². The van der Waals surface area contributed by atoms with Gasteiger partial charge < -0.3 is 5.73 Å². The maximum Gasteiger partial charge on any atom is 0.222 e. The molecule has 5 nitrogen and oxygen atoms in total. The van der Waals surface area contributed by atoms with E-state index in [-0.39, 0.29) is 6.04 Å². The second kappa shape index (κ2) is 5.34. The van der Waals surface area contributed by atoms with Gasteiger partial charge in [-0.2, -0.15) is 0 Å². The number of nitrogens with two attached hydrogens (primary N) is 1. The maximum atomic E-state index is 12.4. The third-order valence-electron chi connectivity index (χ3n) is 3.41. The van der Waals surface area contributed by atoms with Crippen molar-refractivity contribution in [3.63, 3.8) is 0 Å². The van der Waals surface area contributed by atoms with Crippen LogP contribution in [-0.2, 0) is 10.0 Å². The van der Waals surface area contributed by atoms with Crippen LogP contribution < -0.4 is 5.73 Å². The Morgan fingerprint density at radius 3 is 2.61 bits per heavy atom. The zero-order chi connectivity index (χ0) is 13.2. The van der Waals surface area contributed by atoms with Crippen LogP contribution in [0.25, 0.3) is 0 Å². The molecule has 1 aromatic rings. The van der Waals surface area contributed by atoms with Gasteiger partial charge >= 0.3 is 0 Å². The lowest BCUT2D eigenvalue weighted by Crippen LogP contribution is -2.44. The Labute approximate surface area is 108 Å². The molecular weight excluding hydrogens is 250 g/mol. The summed E-state index contributed by atoms with van der Waals surface area (Å²) < 4.78 is 26.4. The van der Waals surface area contributed by atoms with Gasteiger partial charge in [0.25, 0.3) is 0 Å². The van der Waals surface area contributed by atoms with Gasteiger partial charge in [0.1, 0.15) is 5.25 Å². The minimum Gasteiger partial charge on any atom is -0.328 e. The smallest absolute Gasteiger partial charge is 0.222 e. The third-order valence-corrected chi connectivity index (χ3v) is 5.63. The Morgan fingerprint density at radius 1 is 1.39 bits per heavy atom. The van der Waals surface area contributed by atoms with Gasteiger partial charge in [0.05, 0.1) is 5.69 Å². The SMILES string of the molecule is C[C@H](c1ccccn1)S(=O)(=O)N1CCC(N)CC1. The summed E-state index contributed by atoms with van der Waals surface area (Å²) in [6.45, 7) is 2.72. The molecule has 1 aromatic heterocycles. The summed E-state index contributed by atoms with van der Waals surface area (Å²) in [6.07, 6.45) is 3.08. The predicted molar refractivity (Wildman–Crippen MR) is 70.4 cm³/mol. The molecule has 18 heavy (non-hydrogen) atoms. The number of aromatic nitrogens is 1. The molecule has 1 aliphatic rings. The van der Waals surface area contributed by atoms with Gasteiger partial charge in [-0.25, -0.2) is 12.7 Å². The zero-order valence-electron chi connectivity index (χ0n) is 10.5. The topological polar surface area (TPSA) is 76.3 Å². The van der Waals surface area contributed by atoms with Crippen LogP contribution in [0.4, 0.5) is 0 Å². The number of rotatable bonds is 3. The Kier molecular flexibility index (Phi) is 3.99. The number of hydrogen-bond donors (Lipinski definition) is 1. The van der Waals surface area contributed by atoms with Crippen molar-refractivity contribution in [1.82, 2.24) is 9.29 Å². The van der Waals surface area contributed by atoms with E-state index < -0.39 is 15.3 Å². The van der Waals surface area contributed by atoms with E-state index in [1.807, 2.05) is 0 Å². The molecule has 1 fully saturated rings. The third kappa shape index (κ3) is 2.71. The van der Waals surface area contributed by atoms with Crippen molar-refractivity contribution in [1.29, 1.82) is 0 Å². The highest BCUT2D eigenvalue weighted by molar-refractivity contribution is 7.89. The highest BCUT2D eigenvalue weighted by Gasteiger charge is 2.32. The molecule has 0 aromatic carbocycles. The summed E-state index contributed by atoms with van der Waals surface area (Å²) in [5.74, 6) is 0. The van der Waals surface area contributed by atoms with Gasteiger partial charge in [-0.1, -0.05) is 6.07 Å². The lowest BCUT2D eigenvalue weighted by molar-refractivity contribution is 0.317. The average Bonchev–Trinajstić information content (AvgIpc) is 2.39. The molecule has 0 bridgehead atoms. The second-order valence-corrected chi connectivity index (χ2v) is 6.93. The second-order valence-electron chi connectivity index (χ2n) is 4.68. The molecule has 0 aliphatic carbocycles. The van der Waals surface area contributed by atoms with E-state index in [4.69, 9.17) is 5.73 Å². The molecule has 0 amide bonds. The highest BCUT2D eigenvalue weighted by Crippen LogP contribution is 2.25. The fourth-order valence-electron chi connectivity index (χ4n) is 2.12. The van der Waals surface area contributed by atoms with E-state index in [9.17, 15) is 8.42 Å². The van der Waals surface area contributed by atoms with E-state index in [2.05, 4.69) is 4.98 Å². The number of piperidine rings is 1. The first-order valence-corrected chi connectivity index (χ1v) is 7.67. The van der Waals surface area contributed by atoms with Gasteiger partial charge in [0, 0.05) is 25.3 Å². The molecule has 1 aliphatic heterocycles. The van der Waals surface area contributed by atoms with Crippen LogP contribution in [-0.4, -0.2) is 36.8 Å². The van der Waals surface area contributed by atoms with Crippen molar-refractivity contribution in [3.05, 3.63) is 30.1 Å². The largest absolute Gasteiger partial charge is 0.328 e. The van der Waals surface area contributed by atoms with Crippen molar-refractivity contribution >= 4 is 10.0 Å². The molecule has 2 N–H and O–H groups in total. The predicted octanol–water partition coefficient (Wildman–Crippen LogP) is 0.896. The molecule has 0 unspecified atom stereocenters. The summed E-state index contributed by atoms with van der Waals surface area (Å²) in [5.41, 5.74) is 6.38. The fourth-order valence-corrected chi connectivity index (χ4v) is 3.73. The molecule has 1 saturated heterocycles. The van der Waals surface area contributed by atoms with Gasteiger partial charge in [-0.3, -0.25) is 4.98 Å². The summed E-state index contributed by atoms with van der Waals surface area (Å²) in [7, 11) is -3.32. The van der Waals surface area contributed by atoms with Crippen molar-refractivity contribution < 1.29 is 8.42 Å². The number of hydrogen-bond acceptors (Lipinski definition) is 4. The van der Waals surface area contributed by atoms with Crippen LogP contribution in [0, 0.1) is 0 Å². The van der Waals surface area contributed by atoms with Crippen LogP contribution in [0.2, 0.25) is 0 Å². The Bertz CT molecular complexity index is 481. The van der Waals surface area contributed by atoms with Crippen LogP contribution in [0.15, 0.2) is 24.4 Å². The Morgan fingerprint density at radius 2 is 2.06 bits per heavy atom. The summed E-state index contributed by atoms with van der Waals surface area (Å²) in [6, 6.07) is 5.46. The molecule has 0 saturated carbocycles. The molecular formula is C12H19N3O2S. The molecule has 100 valence electrons. The van der Waals surface area contributed by atoms with E-state index in [0.29, 0.717) is 18.8 Å². The standard InChI is InChI=1S/C12H19N3O2S/c1-10(12-4-2-3-7-14-12)18(16,17)15-8-5-11(13)6-9-15/h2-4,7,10-11H,5-6,8-9,13H2,1H3/t10-/m1/s1. The minimum atomic E-state index is -3.32. The lowest BCUT2D eigenvalue weighted by atomic mass is 10.1. The fraction of sp³-hybridized carbons (Fsp3) is 0.583. The monoisotopic (exact) mass is 269 g/mol. The minimum absolute atomic E-state index is 0.126. The quantitative estimate of drug-likeness (QED) is 0.884. The van der Waals surface area contributed by atoms with Crippen molar-refractivity contribution in [2.75, 3.05) is 13.1 Å². The van der Waals surface area contributed by atoms with E-state index in [0.717, 1.165) is 12.8 Å². The van der Waals surface area contributed by atoms with Crippen molar-refractivity contribution in [3.8, 4) is 0 Å². The zero-order valence-corrected chi connectivity index (χ0v) is 11.3. The van der Waals surface area contributed by atoms with Crippen LogP contribution >= 0.6 is 0 Å². The van der Waals surface area contributed by atoms with E-state index in [1.165, 1.54) is 4.31 Å². The molecule has 2 heterocycles. The Balaban J connectivity index is 2.16. The molecule has 0 spiro atoms. The van der Waals surface area contributed by atoms with Gasteiger partial charge in [-0.15, -0.1) is 0 Å². The summed E-state index contributed by atoms with van der Waals surface area (Å²) in [5, 5.41) is -0.604. The average molecular weight is 269 g/mol. The summed E-state index contributed by atoms with van der Waals surface area (Å²) >= 11 is 0. The van der Waals surface area contributed by atoms with Gasteiger partial charge in [-0.05, 0) is 31.9 Å². The molecule has 2 rings (SSSR count). The van der Waals surface area contributed by atoms with Crippen LogP contribution in [0.3, 0.4) is 0 Å². The molecule has 0 radical (unpaired) electrons. The normalized spacial score (nSPS) is 20.8. The highest BCUT2D eigenvalue weighted by atomic mass is 32.2. The van der Waals surface area contributed by atoms with E-state index >= 15 is 0 Å². The lowest BCUT2D eigenvalue weighted by Gasteiger charge is -2.31. The number of pyridine rings is 1. The molecule has 1 atom stereocenters. The number of nitrogens with zero attached hydrogens (tertiary/aromatic N) is 2.